The molecule has 6 aromatic rings. The van der Waals surface area contributed by atoms with Gasteiger partial charge in [0.05, 0.1) is 13.7 Å². The molecular weight excluding hydrogens is 462 g/mol. The van der Waals surface area contributed by atoms with Gasteiger partial charge in [-0.2, -0.15) is 4.52 Å². The first kappa shape index (κ1) is 22.5. The zero-order valence-corrected chi connectivity index (χ0v) is 20.6. The van der Waals surface area contributed by atoms with Crippen molar-refractivity contribution in [2.45, 2.75) is 6.92 Å². The van der Waals surface area contributed by atoms with E-state index in [0.717, 1.165) is 50.5 Å². The number of benzene rings is 4. The van der Waals surface area contributed by atoms with Gasteiger partial charge in [-0.15, -0.1) is 15.3 Å². The van der Waals surface area contributed by atoms with Gasteiger partial charge in [0, 0.05) is 22.0 Å². The number of fused-ring (bicyclic) bond motifs is 3. The zero-order chi connectivity index (χ0) is 25.2. The summed E-state index contributed by atoms with van der Waals surface area (Å²) < 4.78 is 12.6. The normalized spacial score (nSPS) is 11.1. The number of anilines is 2. The van der Waals surface area contributed by atoms with Crippen LogP contribution in [0.3, 0.4) is 0 Å². The number of aromatic nitrogens is 4. The van der Waals surface area contributed by atoms with Gasteiger partial charge in [0.25, 0.3) is 0 Å². The van der Waals surface area contributed by atoms with E-state index in [4.69, 9.17) is 14.6 Å². The maximum atomic E-state index is 5.58. The van der Waals surface area contributed by atoms with E-state index in [0.29, 0.717) is 18.1 Å². The molecule has 37 heavy (non-hydrogen) atoms. The van der Waals surface area contributed by atoms with Crippen LogP contribution in [0.25, 0.3) is 38.9 Å². The Morgan fingerprint density at radius 2 is 1.32 bits per heavy atom. The number of rotatable bonds is 7. The molecule has 4 aromatic carbocycles. The molecule has 2 aromatic heterocycles. The molecule has 0 saturated carbocycles. The molecule has 0 radical (unpaired) electrons. The molecule has 7 heteroatoms. The summed E-state index contributed by atoms with van der Waals surface area (Å²) in [6.45, 7) is 2.59. The molecule has 0 spiro atoms. The molecule has 0 aliphatic rings. The molecule has 0 unspecified atom stereocenters. The zero-order valence-electron chi connectivity index (χ0n) is 20.6. The Bertz CT molecular complexity index is 1680. The van der Waals surface area contributed by atoms with Crippen LogP contribution < -0.4 is 14.8 Å². The van der Waals surface area contributed by atoms with Gasteiger partial charge in [0.15, 0.2) is 17.3 Å². The van der Waals surface area contributed by atoms with Gasteiger partial charge in [-0.3, -0.25) is 0 Å². The van der Waals surface area contributed by atoms with E-state index < -0.39 is 0 Å². The van der Waals surface area contributed by atoms with Crippen LogP contribution in [-0.2, 0) is 0 Å². The van der Waals surface area contributed by atoms with E-state index >= 15 is 0 Å². The van der Waals surface area contributed by atoms with E-state index in [2.05, 4.69) is 51.9 Å². The van der Waals surface area contributed by atoms with Crippen LogP contribution in [0, 0.1) is 0 Å². The molecule has 0 saturated heterocycles. The van der Waals surface area contributed by atoms with Gasteiger partial charge in [-0.05, 0) is 66.6 Å². The first-order valence-corrected chi connectivity index (χ1v) is 12.1. The van der Waals surface area contributed by atoms with Crippen molar-refractivity contribution in [3.05, 3.63) is 97.1 Å². The second-order valence-corrected chi connectivity index (χ2v) is 8.54. The average molecular weight is 488 g/mol. The highest BCUT2D eigenvalue weighted by atomic mass is 16.5. The van der Waals surface area contributed by atoms with Gasteiger partial charge >= 0.3 is 0 Å². The topological polar surface area (TPSA) is 73.6 Å². The van der Waals surface area contributed by atoms with Crippen LogP contribution in [0.15, 0.2) is 97.1 Å². The molecule has 0 aliphatic carbocycles. The minimum absolute atomic E-state index is 0.622. The summed E-state index contributed by atoms with van der Waals surface area (Å²) in [6, 6.07) is 32.2. The summed E-state index contributed by atoms with van der Waals surface area (Å²) in [5.41, 5.74) is 4.80. The lowest BCUT2D eigenvalue weighted by molar-refractivity contribution is 0.340. The van der Waals surface area contributed by atoms with Crippen molar-refractivity contribution in [1.29, 1.82) is 0 Å². The van der Waals surface area contributed by atoms with E-state index in [-0.39, 0.29) is 0 Å². The fraction of sp³-hybridized carbons (Fsp3) is 0.100. The molecule has 182 valence electrons. The lowest BCUT2D eigenvalue weighted by Crippen LogP contribution is -2.02. The molecular formula is C30H25N5O2. The first-order chi connectivity index (χ1) is 18.2. The van der Waals surface area contributed by atoms with Gasteiger partial charge in [-0.25, -0.2) is 0 Å². The molecule has 6 rings (SSSR count). The minimum Gasteiger partial charge on any atom is -0.497 e. The predicted molar refractivity (Wildman–Crippen MR) is 147 cm³/mol. The maximum absolute atomic E-state index is 5.58. The lowest BCUT2D eigenvalue weighted by Gasteiger charge is -2.11. The molecule has 0 amide bonds. The van der Waals surface area contributed by atoms with Crippen molar-refractivity contribution in [2.24, 2.45) is 0 Å². The fourth-order valence-corrected chi connectivity index (χ4v) is 4.39. The monoisotopic (exact) mass is 487 g/mol. The minimum atomic E-state index is 0.622. The van der Waals surface area contributed by atoms with E-state index in [1.165, 1.54) is 0 Å². The average Bonchev–Trinajstić information content (AvgIpc) is 3.38. The van der Waals surface area contributed by atoms with E-state index in [9.17, 15) is 0 Å². The second kappa shape index (κ2) is 9.62. The van der Waals surface area contributed by atoms with Crippen LogP contribution >= 0.6 is 0 Å². The highest BCUT2D eigenvalue weighted by molar-refractivity contribution is 6.01. The first-order valence-electron chi connectivity index (χ1n) is 12.1. The number of nitrogens with zero attached hydrogens (tertiary/aromatic N) is 4. The van der Waals surface area contributed by atoms with Crippen molar-refractivity contribution >= 4 is 27.9 Å². The van der Waals surface area contributed by atoms with Crippen molar-refractivity contribution in [3.8, 4) is 34.0 Å². The smallest absolute Gasteiger partial charge is 0.186 e. The number of ether oxygens (including phenoxy) is 2. The Hall–Kier alpha value is -4.91. The van der Waals surface area contributed by atoms with E-state index in [1.807, 2.05) is 67.6 Å². The van der Waals surface area contributed by atoms with Gasteiger partial charge in [0.1, 0.15) is 11.5 Å². The van der Waals surface area contributed by atoms with Crippen LogP contribution in [-0.4, -0.2) is 33.5 Å². The molecule has 1 N–H and O–H groups in total. The summed E-state index contributed by atoms with van der Waals surface area (Å²) >= 11 is 0. The second-order valence-electron chi connectivity index (χ2n) is 8.54. The molecule has 7 nitrogen and oxygen atoms in total. The standard InChI is InChI=1S/C30H25N5O2/c1-3-37-25-18-12-22(13-19-25)29-32-33-30-27-7-5-4-6-26(27)28(34-35(29)30)31-23-14-8-20(9-15-23)21-10-16-24(36-2)17-11-21/h4-19H,3H2,1-2H3,(H,31,34). The Labute approximate surface area is 214 Å². The lowest BCUT2D eigenvalue weighted by atomic mass is 10.1. The quantitative estimate of drug-likeness (QED) is 0.268. The summed E-state index contributed by atoms with van der Waals surface area (Å²) in [5.74, 6) is 3.06. The number of hydrogen-bond donors (Lipinski definition) is 1. The predicted octanol–water partition coefficient (Wildman–Crippen LogP) is 6.76. The maximum Gasteiger partial charge on any atom is 0.186 e. The van der Waals surface area contributed by atoms with Crippen molar-refractivity contribution in [2.75, 3.05) is 19.0 Å². The Balaban J connectivity index is 1.37. The summed E-state index contributed by atoms with van der Waals surface area (Å²) in [6.07, 6.45) is 0. The third-order valence-corrected chi connectivity index (χ3v) is 6.26. The summed E-state index contributed by atoms with van der Waals surface area (Å²) in [5, 5.41) is 19.3. The number of methoxy groups -OCH3 is 1. The van der Waals surface area contributed by atoms with Crippen LogP contribution in [0.5, 0.6) is 11.5 Å². The van der Waals surface area contributed by atoms with E-state index in [1.54, 1.807) is 11.6 Å². The third kappa shape index (κ3) is 4.31. The SMILES string of the molecule is CCOc1ccc(-c2nnc3c4ccccc4c(Nc4ccc(-c5ccc(OC)cc5)cc4)nn23)cc1. The van der Waals surface area contributed by atoms with Gasteiger partial charge in [-0.1, -0.05) is 48.5 Å². The Kier molecular flexibility index (Phi) is 5.86. The molecule has 0 fully saturated rings. The Morgan fingerprint density at radius 3 is 2.00 bits per heavy atom. The van der Waals surface area contributed by atoms with Crippen molar-refractivity contribution in [3.63, 3.8) is 0 Å². The number of hydrogen-bond acceptors (Lipinski definition) is 6. The molecule has 0 aliphatic heterocycles. The number of nitrogens with one attached hydrogen (secondary N) is 1. The summed E-state index contributed by atoms with van der Waals surface area (Å²) in [4.78, 5) is 0. The third-order valence-electron chi connectivity index (χ3n) is 6.26. The van der Waals surface area contributed by atoms with Crippen LogP contribution in [0.1, 0.15) is 6.92 Å². The molecule has 0 bridgehead atoms. The van der Waals surface area contributed by atoms with Crippen LogP contribution in [0.4, 0.5) is 11.5 Å². The fourth-order valence-electron chi connectivity index (χ4n) is 4.39. The van der Waals surface area contributed by atoms with Crippen molar-refractivity contribution in [1.82, 2.24) is 19.8 Å². The van der Waals surface area contributed by atoms with Gasteiger partial charge < -0.3 is 14.8 Å². The van der Waals surface area contributed by atoms with Crippen LogP contribution in [0.2, 0.25) is 0 Å². The highest BCUT2D eigenvalue weighted by Gasteiger charge is 2.16. The van der Waals surface area contributed by atoms with Crippen molar-refractivity contribution < 1.29 is 9.47 Å². The summed E-state index contributed by atoms with van der Waals surface area (Å²) in [7, 11) is 1.67. The van der Waals surface area contributed by atoms with Gasteiger partial charge in [0.2, 0.25) is 0 Å². The Morgan fingerprint density at radius 1 is 0.703 bits per heavy atom. The highest BCUT2D eigenvalue weighted by Crippen LogP contribution is 2.31. The molecule has 0 atom stereocenters. The molecule has 2 heterocycles. The largest absolute Gasteiger partial charge is 0.497 e.